The Morgan fingerprint density at radius 3 is 2.82 bits per heavy atom. The minimum absolute atomic E-state index is 0.0784. The van der Waals surface area contributed by atoms with Crippen molar-refractivity contribution in [1.29, 1.82) is 0 Å². The number of amides is 1. The van der Waals surface area contributed by atoms with E-state index in [1.807, 2.05) is 0 Å². The highest BCUT2D eigenvalue weighted by Crippen LogP contribution is 2.23. The monoisotopic (exact) mass is 319 g/mol. The predicted molar refractivity (Wildman–Crippen MR) is 73.4 cm³/mol. The van der Waals surface area contributed by atoms with Crippen molar-refractivity contribution in [3.63, 3.8) is 0 Å². The summed E-state index contributed by atoms with van der Waals surface area (Å²) in [4.78, 5) is 13.8. The van der Waals surface area contributed by atoms with Crippen LogP contribution in [0.25, 0.3) is 0 Å². The standard InChI is InChI=1S/C12H15BrClNO2/c1-15(7-3-6-13)12(16)10-8-9(14)4-5-11(10)17-2/h4-5,8H,3,6-7H2,1-2H3. The van der Waals surface area contributed by atoms with Crippen LogP contribution in [0.5, 0.6) is 5.75 Å². The summed E-state index contributed by atoms with van der Waals surface area (Å²) in [6, 6.07) is 5.04. The smallest absolute Gasteiger partial charge is 0.257 e. The molecule has 0 bridgehead atoms. The van der Waals surface area contributed by atoms with Gasteiger partial charge in [-0.3, -0.25) is 4.79 Å². The van der Waals surface area contributed by atoms with Gasteiger partial charge >= 0.3 is 0 Å². The largest absolute Gasteiger partial charge is 0.496 e. The lowest BCUT2D eigenvalue weighted by molar-refractivity contribution is 0.0792. The van der Waals surface area contributed by atoms with Crippen molar-refractivity contribution in [3.05, 3.63) is 28.8 Å². The summed E-state index contributed by atoms with van der Waals surface area (Å²) in [6.45, 7) is 0.694. The van der Waals surface area contributed by atoms with Crippen LogP contribution < -0.4 is 4.74 Å². The third kappa shape index (κ3) is 3.89. The van der Waals surface area contributed by atoms with E-state index in [4.69, 9.17) is 16.3 Å². The molecule has 0 aromatic heterocycles. The number of hydrogen-bond donors (Lipinski definition) is 0. The zero-order chi connectivity index (χ0) is 12.8. The molecule has 0 aliphatic rings. The van der Waals surface area contributed by atoms with Gasteiger partial charge in [0.15, 0.2) is 0 Å². The first-order valence-corrected chi connectivity index (χ1v) is 6.75. The maximum Gasteiger partial charge on any atom is 0.257 e. The highest BCUT2D eigenvalue weighted by Gasteiger charge is 2.16. The van der Waals surface area contributed by atoms with Crippen LogP contribution in [0.3, 0.4) is 0 Å². The molecule has 0 fully saturated rings. The fourth-order valence-corrected chi connectivity index (χ4v) is 1.87. The molecule has 1 aromatic rings. The van der Waals surface area contributed by atoms with Crippen molar-refractivity contribution in [1.82, 2.24) is 4.90 Å². The van der Waals surface area contributed by atoms with Crippen LogP contribution in [0.2, 0.25) is 5.02 Å². The van der Waals surface area contributed by atoms with E-state index in [9.17, 15) is 4.79 Å². The second-order valence-corrected chi connectivity index (χ2v) is 4.84. The molecule has 17 heavy (non-hydrogen) atoms. The van der Waals surface area contributed by atoms with Crippen molar-refractivity contribution in [2.24, 2.45) is 0 Å². The number of benzene rings is 1. The van der Waals surface area contributed by atoms with Gasteiger partial charge < -0.3 is 9.64 Å². The van der Waals surface area contributed by atoms with Gasteiger partial charge in [-0.2, -0.15) is 0 Å². The molecule has 5 heteroatoms. The summed E-state index contributed by atoms with van der Waals surface area (Å²) in [7, 11) is 3.31. The van der Waals surface area contributed by atoms with Crippen LogP contribution in [-0.2, 0) is 0 Å². The SMILES string of the molecule is COc1ccc(Cl)cc1C(=O)N(C)CCCBr. The molecular weight excluding hydrogens is 305 g/mol. The molecule has 0 atom stereocenters. The first kappa shape index (κ1) is 14.3. The lowest BCUT2D eigenvalue weighted by Gasteiger charge is -2.18. The number of carbonyl (C=O) groups is 1. The van der Waals surface area contributed by atoms with Gasteiger partial charge in [0, 0.05) is 23.9 Å². The lowest BCUT2D eigenvalue weighted by Crippen LogP contribution is -2.28. The number of methoxy groups -OCH3 is 1. The van der Waals surface area contributed by atoms with Gasteiger partial charge in [-0.05, 0) is 24.6 Å². The maximum atomic E-state index is 12.2. The number of rotatable bonds is 5. The Morgan fingerprint density at radius 2 is 2.24 bits per heavy atom. The zero-order valence-corrected chi connectivity index (χ0v) is 12.2. The first-order chi connectivity index (χ1) is 8.10. The number of hydrogen-bond acceptors (Lipinski definition) is 2. The van der Waals surface area contributed by atoms with Crippen LogP contribution in [-0.4, -0.2) is 36.8 Å². The average Bonchev–Trinajstić information content (AvgIpc) is 2.34. The van der Waals surface area contributed by atoms with Gasteiger partial charge in [-0.15, -0.1) is 0 Å². The molecule has 0 N–H and O–H groups in total. The molecule has 0 aliphatic heterocycles. The molecule has 1 aromatic carbocycles. The molecule has 0 radical (unpaired) electrons. The summed E-state index contributed by atoms with van der Waals surface area (Å²) in [5.41, 5.74) is 0.497. The molecule has 1 rings (SSSR count). The highest BCUT2D eigenvalue weighted by atomic mass is 79.9. The van der Waals surface area contributed by atoms with Crippen molar-refractivity contribution in [3.8, 4) is 5.75 Å². The molecule has 0 heterocycles. The second kappa shape index (κ2) is 6.87. The number of nitrogens with zero attached hydrogens (tertiary/aromatic N) is 1. The topological polar surface area (TPSA) is 29.5 Å². The Hall–Kier alpha value is -0.740. The van der Waals surface area contributed by atoms with Crippen molar-refractivity contribution < 1.29 is 9.53 Å². The normalized spacial score (nSPS) is 10.1. The number of halogens is 2. The second-order valence-electron chi connectivity index (χ2n) is 3.61. The van der Waals surface area contributed by atoms with E-state index in [0.717, 1.165) is 11.8 Å². The summed E-state index contributed by atoms with van der Waals surface area (Å²) >= 11 is 9.23. The summed E-state index contributed by atoms with van der Waals surface area (Å²) < 4.78 is 5.16. The Kier molecular flexibility index (Phi) is 5.78. The van der Waals surface area contributed by atoms with Crippen LogP contribution in [0.15, 0.2) is 18.2 Å². The fourth-order valence-electron chi connectivity index (χ4n) is 1.45. The van der Waals surface area contributed by atoms with Gasteiger partial charge in [-0.25, -0.2) is 0 Å². The Balaban J connectivity index is 2.90. The molecular formula is C12H15BrClNO2. The van der Waals surface area contributed by atoms with Gasteiger partial charge in [0.25, 0.3) is 5.91 Å². The van der Waals surface area contributed by atoms with Crippen LogP contribution in [0, 0.1) is 0 Å². The molecule has 1 amide bonds. The van der Waals surface area contributed by atoms with E-state index in [1.165, 1.54) is 0 Å². The molecule has 94 valence electrons. The lowest BCUT2D eigenvalue weighted by atomic mass is 10.1. The summed E-state index contributed by atoms with van der Waals surface area (Å²) in [5.74, 6) is 0.468. The molecule has 0 spiro atoms. The third-order valence-electron chi connectivity index (χ3n) is 2.37. The zero-order valence-electron chi connectivity index (χ0n) is 9.87. The molecule has 0 aliphatic carbocycles. The maximum absolute atomic E-state index is 12.2. The molecule has 0 saturated carbocycles. The molecule has 0 saturated heterocycles. The Labute approximate surface area is 115 Å². The number of carbonyl (C=O) groups excluding carboxylic acids is 1. The van der Waals surface area contributed by atoms with Gasteiger partial charge in [-0.1, -0.05) is 27.5 Å². The van der Waals surface area contributed by atoms with E-state index in [1.54, 1.807) is 37.3 Å². The van der Waals surface area contributed by atoms with E-state index in [2.05, 4.69) is 15.9 Å². The first-order valence-electron chi connectivity index (χ1n) is 5.25. The van der Waals surface area contributed by atoms with E-state index < -0.39 is 0 Å². The van der Waals surface area contributed by atoms with Crippen molar-refractivity contribution in [2.75, 3.05) is 26.0 Å². The summed E-state index contributed by atoms with van der Waals surface area (Å²) in [5, 5.41) is 1.40. The predicted octanol–water partition coefficient (Wildman–Crippen LogP) is 3.21. The number of ether oxygens (including phenoxy) is 1. The molecule has 0 unspecified atom stereocenters. The van der Waals surface area contributed by atoms with Gasteiger partial charge in [0.05, 0.1) is 12.7 Å². The van der Waals surface area contributed by atoms with E-state index >= 15 is 0 Å². The van der Waals surface area contributed by atoms with Crippen LogP contribution in [0.4, 0.5) is 0 Å². The van der Waals surface area contributed by atoms with Gasteiger partial charge in [0.2, 0.25) is 0 Å². The van der Waals surface area contributed by atoms with Crippen LogP contribution >= 0.6 is 27.5 Å². The quantitative estimate of drug-likeness (QED) is 0.780. The minimum Gasteiger partial charge on any atom is -0.496 e. The van der Waals surface area contributed by atoms with Crippen LogP contribution in [0.1, 0.15) is 16.8 Å². The van der Waals surface area contributed by atoms with Crippen molar-refractivity contribution >= 4 is 33.4 Å². The van der Waals surface area contributed by atoms with E-state index in [-0.39, 0.29) is 5.91 Å². The third-order valence-corrected chi connectivity index (χ3v) is 3.16. The highest BCUT2D eigenvalue weighted by molar-refractivity contribution is 9.09. The average molecular weight is 321 g/mol. The van der Waals surface area contributed by atoms with Crippen molar-refractivity contribution in [2.45, 2.75) is 6.42 Å². The molecule has 3 nitrogen and oxygen atoms in total. The Bertz CT molecular complexity index is 398. The Morgan fingerprint density at radius 1 is 1.53 bits per heavy atom. The fraction of sp³-hybridized carbons (Fsp3) is 0.417. The number of alkyl halides is 1. The minimum atomic E-state index is -0.0784. The summed E-state index contributed by atoms with van der Waals surface area (Å²) in [6.07, 6.45) is 0.908. The van der Waals surface area contributed by atoms with Gasteiger partial charge in [0.1, 0.15) is 5.75 Å². The van der Waals surface area contributed by atoms with E-state index in [0.29, 0.717) is 22.9 Å².